The summed E-state index contributed by atoms with van der Waals surface area (Å²) in [5.41, 5.74) is 2.30. The number of pyridine rings is 1. The van der Waals surface area contributed by atoms with Gasteiger partial charge in [-0.05, 0) is 36.5 Å². The zero-order valence-electron chi connectivity index (χ0n) is 18.9. The number of esters is 1. The summed E-state index contributed by atoms with van der Waals surface area (Å²) in [7, 11) is 1.66. The topological polar surface area (TPSA) is 70.0 Å². The van der Waals surface area contributed by atoms with Crippen LogP contribution in [0.25, 0.3) is 11.3 Å². The van der Waals surface area contributed by atoms with Gasteiger partial charge in [-0.1, -0.05) is 25.4 Å². The zero-order chi connectivity index (χ0) is 23.0. The van der Waals surface area contributed by atoms with Crippen molar-refractivity contribution in [2.75, 3.05) is 38.5 Å². The van der Waals surface area contributed by atoms with Gasteiger partial charge >= 0.3 is 5.97 Å². The molecule has 0 N–H and O–H groups in total. The van der Waals surface area contributed by atoms with Crippen LogP contribution < -0.4 is 15.2 Å². The molecule has 2 aliphatic heterocycles. The van der Waals surface area contributed by atoms with E-state index in [0.29, 0.717) is 29.7 Å². The number of ether oxygens (including phenoxy) is 3. The average Bonchev–Trinajstić information content (AvgIpc) is 3.07. The number of halogens is 1. The lowest BCUT2D eigenvalue weighted by atomic mass is 9.78. The molecule has 0 aliphatic carbocycles. The maximum Gasteiger partial charge on any atom is 0.343 e. The third-order valence-electron chi connectivity index (χ3n) is 6.25. The van der Waals surface area contributed by atoms with Crippen molar-refractivity contribution in [3.63, 3.8) is 0 Å². The van der Waals surface area contributed by atoms with E-state index < -0.39 is 5.97 Å². The molecule has 0 bridgehead atoms. The monoisotopic (exact) mass is 460 g/mol. The van der Waals surface area contributed by atoms with Crippen molar-refractivity contribution in [3.05, 3.63) is 50.8 Å². The van der Waals surface area contributed by atoms with Crippen molar-refractivity contribution < 1.29 is 19.0 Å². The van der Waals surface area contributed by atoms with Gasteiger partial charge in [-0.15, -0.1) is 0 Å². The summed E-state index contributed by atoms with van der Waals surface area (Å²) in [5, 5.41) is 2.70. The van der Waals surface area contributed by atoms with Crippen LogP contribution in [-0.2, 0) is 9.47 Å². The van der Waals surface area contributed by atoms with Crippen LogP contribution in [0.1, 0.15) is 55.6 Å². The van der Waals surface area contributed by atoms with E-state index in [-0.39, 0.29) is 29.1 Å². The highest BCUT2D eigenvalue weighted by molar-refractivity contribution is 6.32. The molecular formula is C24H29ClN2O5. The van der Waals surface area contributed by atoms with Crippen LogP contribution in [0, 0.1) is 5.41 Å². The average molecular weight is 461 g/mol. The number of fused-ring (bicyclic) bond motifs is 6. The molecule has 1 aromatic heterocycles. The van der Waals surface area contributed by atoms with E-state index in [1.54, 1.807) is 20.2 Å². The number of hydrogen-bond donors (Lipinski definition) is 0. The molecule has 1 atom stereocenters. The largest absolute Gasteiger partial charge is 0.492 e. The second kappa shape index (κ2) is 8.79. The number of aromatic nitrogens is 1. The van der Waals surface area contributed by atoms with Crippen molar-refractivity contribution in [2.45, 2.75) is 39.7 Å². The van der Waals surface area contributed by atoms with Crippen LogP contribution in [0.15, 0.2) is 29.2 Å². The van der Waals surface area contributed by atoms with Crippen molar-refractivity contribution in [1.29, 1.82) is 0 Å². The minimum absolute atomic E-state index is 0.0270. The highest BCUT2D eigenvalue weighted by Gasteiger charge is 2.46. The second-order valence-electron chi connectivity index (χ2n) is 8.87. The third kappa shape index (κ3) is 3.88. The van der Waals surface area contributed by atoms with E-state index in [9.17, 15) is 9.59 Å². The molecular weight excluding hydrogens is 432 g/mol. The molecule has 1 fully saturated rings. The van der Waals surface area contributed by atoms with E-state index in [1.807, 2.05) is 16.8 Å². The third-order valence-corrected chi connectivity index (χ3v) is 6.55. The molecule has 0 saturated carbocycles. The minimum atomic E-state index is -0.605. The Hall–Kier alpha value is -2.51. The summed E-state index contributed by atoms with van der Waals surface area (Å²) >= 11 is 6.59. The highest BCUT2D eigenvalue weighted by atomic mass is 35.5. The zero-order valence-corrected chi connectivity index (χ0v) is 19.7. The van der Waals surface area contributed by atoms with Crippen LogP contribution in [0.3, 0.4) is 0 Å². The summed E-state index contributed by atoms with van der Waals surface area (Å²) in [6, 6.07) is 5.41. The Morgan fingerprint density at radius 1 is 1.25 bits per heavy atom. The molecule has 1 aromatic carbocycles. The van der Waals surface area contributed by atoms with Gasteiger partial charge in [0.1, 0.15) is 11.3 Å². The van der Waals surface area contributed by atoms with Crippen molar-refractivity contribution in [2.24, 2.45) is 5.41 Å². The summed E-state index contributed by atoms with van der Waals surface area (Å²) in [6.45, 7) is 8.31. The number of carbonyl (C=O) groups excluding carboxylic acids is 1. The Morgan fingerprint density at radius 2 is 2.03 bits per heavy atom. The Labute approximate surface area is 192 Å². The van der Waals surface area contributed by atoms with Crippen LogP contribution in [0.2, 0.25) is 5.02 Å². The predicted octanol–water partition coefficient (Wildman–Crippen LogP) is 4.18. The molecule has 4 rings (SSSR count). The number of rotatable bonds is 7. The Bertz CT molecular complexity index is 1090. The van der Waals surface area contributed by atoms with Gasteiger partial charge in [-0.2, -0.15) is 0 Å². The number of methoxy groups -OCH3 is 1. The van der Waals surface area contributed by atoms with Gasteiger partial charge in [0.2, 0.25) is 0 Å². The summed E-state index contributed by atoms with van der Waals surface area (Å²) in [4.78, 5) is 25.2. The van der Waals surface area contributed by atoms with Gasteiger partial charge in [-0.3, -0.25) is 9.47 Å². The maximum absolute atomic E-state index is 12.8. The van der Waals surface area contributed by atoms with E-state index in [1.165, 1.54) is 6.07 Å². The molecule has 172 valence electrons. The van der Waals surface area contributed by atoms with Gasteiger partial charge in [-0.25, -0.2) is 4.79 Å². The standard InChI is InChI=1S/C24H29ClN2O5/c1-5-31-23(29)17-14-27-19(13-20(17)28)15-11-18(25)21(32-10-6-9-30-4)12-16(15)22-24(2,3)7-8-26(22)27/h11-14,22H,5-10H2,1-4H3. The molecule has 32 heavy (non-hydrogen) atoms. The molecule has 1 unspecified atom stereocenters. The van der Waals surface area contributed by atoms with Crippen LogP contribution in [0.4, 0.5) is 0 Å². The Morgan fingerprint density at radius 3 is 2.75 bits per heavy atom. The van der Waals surface area contributed by atoms with E-state index in [2.05, 4.69) is 18.9 Å². The van der Waals surface area contributed by atoms with Crippen molar-refractivity contribution in [3.8, 4) is 17.0 Å². The lowest BCUT2D eigenvalue weighted by Crippen LogP contribution is -2.42. The predicted molar refractivity (Wildman–Crippen MR) is 123 cm³/mol. The number of hydrogen-bond acceptors (Lipinski definition) is 6. The molecule has 2 aromatic rings. The van der Waals surface area contributed by atoms with E-state index >= 15 is 0 Å². The molecule has 3 heterocycles. The molecule has 0 spiro atoms. The maximum atomic E-state index is 12.8. The summed E-state index contributed by atoms with van der Waals surface area (Å²) < 4.78 is 18.1. The first-order chi connectivity index (χ1) is 15.3. The minimum Gasteiger partial charge on any atom is -0.492 e. The first kappa shape index (κ1) is 22.7. The Balaban J connectivity index is 1.84. The first-order valence-corrected chi connectivity index (χ1v) is 11.3. The van der Waals surface area contributed by atoms with Gasteiger partial charge in [0, 0.05) is 44.5 Å². The van der Waals surface area contributed by atoms with Gasteiger partial charge in [0.25, 0.3) is 0 Å². The lowest BCUT2D eigenvalue weighted by molar-refractivity contribution is 0.0524. The van der Waals surface area contributed by atoms with Gasteiger partial charge in [0.05, 0.1) is 30.0 Å². The quantitative estimate of drug-likeness (QED) is 0.456. The fourth-order valence-electron chi connectivity index (χ4n) is 4.70. The summed E-state index contributed by atoms with van der Waals surface area (Å²) in [5.74, 6) is 0.0227. The van der Waals surface area contributed by atoms with Gasteiger partial charge in [0.15, 0.2) is 5.43 Å². The second-order valence-corrected chi connectivity index (χ2v) is 9.28. The van der Waals surface area contributed by atoms with Crippen LogP contribution >= 0.6 is 11.6 Å². The SMILES string of the molecule is CCOC(=O)c1cn2c(cc1=O)-c1cc(Cl)c(OCCCOC)cc1C1N2CCC1(C)C. The lowest BCUT2D eigenvalue weighted by Gasteiger charge is -2.42. The van der Waals surface area contributed by atoms with Crippen molar-refractivity contribution in [1.82, 2.24) is 4.68 Å². The molecule has 2 aliphatic rings. The van der Waals surface area contributed by atoms with Crippen LogP contribution in [0.5, 0.6) is 5.75 Å². The van der Waals surface area contributed by atoms with E-state index in [4.69, 9.17) is 25.8 Å². The molecule has 0 radical (unpaired) electrons. The Kier molecular flexibility index (Phi) is 6.23. The van der Waals surface area contributed by atoms with Crippen LogP contribution in [-0.4, -0.2) is 44.1 Å². The number of carbonyl (C=O) groups is 1. The van der Waals surface area contributed by atoms with Gasteiger partial charge < -0.3 is 19.2 Å². The van der Waals surface area contributed by atoms with E-state index in [0.717, 1.165) is 30.5 Å². The van der Waals surface area contributed by atoms with Crippen molar-refractivity contribution >= 4 is 17.6 Å². The summed E-state index contributed by atoms with van der Waals surface area (Å²) in [6.07, 6.45) is 3.33. The normalized spacial score (nSPS) is 18.0. The highest BCUT2D eigenvalue weighted by Crippen LogP contribution is 2.52. The number of benzene rings is 1. The smallest absolute Gasteiger partial charge is 0.343 e. The fourth-order valence-corrected chi connectivity index (χ4v) is 4.92. The molecule has 7 nitrogen and oxygen atoms in total. The number of nitrogens with zero attached hydrogens (tertiary/aromatic N) is 2. The fraction of sp³-hybridized carbons (Fsp3) is 0.500. The molecule has 1 saturated heterocycles. The molecule has 8 heteroatoms. The molecule has 0 amide bonds. The first-order valence-electron chi connectivity index (χ1n) is 10.9.